The van der Waals surface area contributed by atoms with E-state index in [1.165, 1.54) is 6.42 Å². The summed E-state index contributed by atoms with van der Waals surface area (Å²) >= 11 is 0. The lowest BCUT2D eigenvalue weighted by Crippen LogP contribution is -2.33. The maximum absolute atomic E-state index is 12.8. The summed E-state index contributed by atoms with van der Waals surface area (Å²) in [6, 6.07) is 6.01. The summed E-state index contributed by atoms with van der Waals surface area (Å²) in [6.07, 6.45) is 9.14. The van der Waals surface area contributed by atoms with Gasteiger partial charge in [-0.15, -0.1) is 6.58 Å². The molecule has 1 aliphatic carbocycles. The number of methoxy groups -OCH3 is 1. The van der Waals surface area contributed by atoms with Crippen molar-refractivity contribution in [3.05, 3.63) is 36.4 Å². The lowest BCUT2D eigenvalue weighted by molar-refractivity contribution is -0.135. The number of rotatable bonds is 10. The van der Waals surface area contributed by atoms with Gasteiger partial charge in [0.25, 0.3) is 0 Å². The second kappa shape index (κ2) is 14.4. The molecule has 1 heterocycles. The summed E-state index contributed by atoms with van der Waals surface area (Å²) < 4.78 is 7.15. The number of anilines is 1. The zero-order chi connectivity index (χ0) is 25.8. The SMILES string of the molecule is C=CC.COCCCn1c(NC(=O)C(C)C=N)nc2cc(CN(C)C(=O)C3CCCCC3)ccc21. The van der Waals surface area contributed by atoms with Crippen molar-refractivity contribution >= 4 is 35.0 Å². The number of amides is 2. The lowest BCUT2D eigenvalue weighted by atomic mass is 9.88. The van der Waals surface area contributed by atoms with Crippen LogP contribution in [0.1, 0.15) is 57.9 Å². The lowest BCUT2D eigenvalue weighted by Gasteiger charge is -2.26. The molecule has 1 aliphatic rings. The minimum absolute atomic E-state index is 0.148. The fourth-order valence-electron chi connectivity index (χ4n) is 4.28. The highest BCUT2D eigenvalue weighted by Gasteiger charge is 2.24. The summed E-state index contributed by atoms with van der Waals surface area (Å²) in [5, 5.41) is 10.2. The normalized spacial score (nSPS) is 14.5. The predicted molar refractivity (Wildman–Crippen MR) is 142 cm³/mol. The number of carbonyl (C=O) groups excluding carboxylic acids is 2. The van der Waals surface area contributed by atoms with Crippen LogP contribution in [0.5, 0.6) is 0 Å². The Morgan fingerprint density at radius 1 is 1.34 bits per heavy atom. The smallest absolute Gasteiger partial charge is 0.234 e. The van der Waals surface area contributed by atoms with E-state index in [1.54, 1.807) is 20.1 Å². The van der Waals surface area contributed by atoms with E-state index < -0.39 is 5.92 Å². The highest BCUT2D eigenvalue weighted by Crippen LogP contribution is 2.26. The number of benzene rings is 1. The Kier molecular flexibility index (Phi) is 11.6. The molecule has 8 nitrogen and oxygen atoms in total. The first-order chi connectivity index (χ1) is 16.9. The summed E-state index contributed by atoms with van der Waals surface area (Å²) in [5.41, 5.74) is 2.71. The molecule has 0 aliphatic heterocycles. The Labute approximate surface area is 209 Å². The Bertz CT molecular complexity index is 994. The number of ether oxygens (including phenoxy) is 1. The molecule has 1 aromatic heterocycles. The van der Waals surface area contributed by atoms with E-state index in [4.69, 9.17) is 10.1 Å². The van der Waals surface area contributed by atoms with Crippen molar-refractivity contribution < 1.29 is 14.3 Å². The van der Waals surface area contributed by atoms with E-state index in [9.17, 15) is 9.59 Å². The topological polar surface area (TPSA) is 100 Å². The minimum atomic E-state index is -0.530. The van der Waals surface area contributed by atoms with Gasteiger partial charge in [-0.2, -0.15) is 0 Å². The average molecular weight is 484 g/mol. The predicted octanol–water partition coefficient (Wildman–Crippen LogP) is 5.03. The molecule has 1 fully saturated rings. The molecule has 35 heavy (non-hydrogen) atoms. The summed E-state index contributed by atoms with van der Waals surface area (Å²) in [4.78, 5) is 31.7. The van der Waals surface area contributed by atoms with Gasteiger partial charge >= 0.3 is 0 Å². The zero-order valence-corrected chi connectivity index (χ0v) is 21.7. The molecule has 0 saturated heterocycles. The van der Waals surface area contributed by atoms with Crippen molar-refractivity contribution in [1.82, 2.24) is 14.5 Å². The van der Waals surface area contributed by atoms with Gasteiger partial charge in [-0.25, -0.2) is 4.98 Å². The Hall–Kier alpha value is -3.00. The van der Waals surface area contributed by atoms with E-state index in [0.29, 0.717) is 25.6 Å². The number of nitrogens with zero attached hydrogens (tertiary/aromatic N) is 3. The number of hydrogen-bond acceptors (Lipinski definition) is 5. The first-order valence-electron chi connectivity index (χ1n) is 12.5. The second-order valence-corrected chi connectivity index (χ2v) is 9.14. The highest BCUT2D eigenvalue weighted by molar-refractivity contribution is 6.00. The molecule has 0 radical (unpaired) electrons. The molecule has 0 spiro atoms. The van der Waals surface area contributed by atoms with Crippen LogP contribution in [0, 0.1) is 17.2 Å². The molecular weight excluding hydrogens is 442 g/mol. The van der Waals surface area contributed by atoms with Crippen molar-refractivity contribution in [2.24, 2.45) is 11.8 Å². The molecule has 2 amide bonds. The molecule has 1 atom stereocenters. The molecule has 3 rings (SSSR count). The van der Waals surface area contributed by atoms with E-state index in [1.807, 2.05) is 41.6 Å². The standard InChI is InChI=1S/C24H35N5O3.C3H6/c1-17(15-25)22(30)27-24-26-20-14-18(10-11-21(20)29(24)12-7-13-32-3)16-28(2)23(31)19-8-5-4-6-9-19;1-3-2/h10-11,14-15,17,19,25H,4-9,12-13,16H2,1-3H3,(H,26,27,30);3H,1H2,2H3. The van der Waals surface area contributed by atoms with E-state index in [0.717, 1.165) is 54.9 Å². The number of allylic oxidation sites excluding steroid dienone is 1. The van der Waals surface area contributed by atoms with Gasteiger partial charge < -0.3 is 19.6 Å². The maximum Gasteiger partial charge on any atom is 0.234 e. The van der Waals surface area contributed by atoms with E-state index in [2.05, 4.69) is 16.9 Å². The van der Waals surface area contributed by atoms with Crippen molar-refractivity contribution in [3.63, 3.8) is 0 Å². The summed E-state index contributed by atoms with van der Waals surface area (Å²) in [6.45, 7) is 8.72. The molecule has 1 saturated carbocycles. The summed E-state index contributed by atoms with van der Waals surface area (Å²) in [7, 11) is 3.53. The number of fused-ring (bicyclic) bond motifs is 1. The molecule has 0 bridgehead atoms. The molecule has 2 N–H and O–H groups in total. The minimum Gasteiger partial charge on any atom is -0.385 e. The van der Waals surface area contributed by atoms with Crippen molar-refractivity contribution in [2.45, 2.75) is 65.5 Å². The Morgan fingerprint density at radius 3 is 2.66 bits per heavy atom. The molecular formula is C27H41N5O3. The Morgan fingerprint density at radius 2 is 2.03 bits per heavy atom. The van der Waals surface area contributed by atoms with Crippen molar-refractivity contribution in [3.8, 4) is 0 Å². The van der Waals surface area contributed by atoms with Gasteiger partial charge in [0.1, 0.15) is 0 Å². The molecule has 192 valence electrons. The van der Waals surface area contributed by atoms with Crippen LogP contribution in [0.25, 0.3) is 11.0 Å². The number of aromatic nitrogens is 2. The first-order valence-corrected chi connectivity index (χ1v) is 12.5. The van der Waals surface area contributed by atoms with Crippen LogP contribution in [0.15, 0.2) is 30.9 Å². The third-order valence-corrected chi connectivity index (χ3v) is 6.19. The van der Waals surface area contributed by atoms with E-state index >= 15 is 0 Å². The van der Waals surface area contributed by atoms with Crippen LogP contribution in [-0.4, -0.2) is 53.2 Å². The Balaban J connectivity index is 0.00000137. The second-order valence-electron chi connectivity index (χ2n) is 9.14. The number of aryl methyl sites for hydroxylation is 1. The van der Waals surface area contributed by atoms with Crippen molar-refractivity contribution in [1.29, 1.82) is 5.41 Å². The van der Waals surface area contributed by atoms with E-state index in [-0.39, 0.29) is 17.7 Å². The van der Waals surface area contributed by atoms with Gasteiger partial charge in [-0.1, -0.05) is 31.4 Å². The van der Waals surface area contributed by atoms with Gasteiger partial charge in [0.2, 0.25) is 17.8 Å². The zero-order valence-electron chi connectivity index (χ0n) is 21.7. The highest BCUT2D eigenvalue weighted by atomic mass is 16.5. The largest absolute Gasteiger partial charge is 0.385 e. The van der Waals surface area contributed by atoms with Gasteiger partial charge in [0.15, 0.2) is 0 Å². The molecule has 2 aromatic rings. The molecule has 1 aromatic carbocycles. The van der Waals surface area contributed by atoms with Crippen LogP contribution < -0.4 is 5.32 Å². The van der Waals surface area contributed by atoms with Crippen LogP contribution in [0.2, 0.25) is 0 Å². The van der Waals surface area contributed by atoms with Gasteiger partial charge in [-0.05, 0) is 50.8 Å². The van der Waals surface area contributed by atoms with Crippen LogP contribution in [-0.2, 0) is 27.4 Å². The fourth-order valence-corrected chi connectivity index (χ4v) is 4.28. The first kappa shape index (κ1) is 28.2. The van der Waals surface area contributed by atoms with Gasteiger partial charge in [0, 0.05) is 46.0 Å². The fraction of sp³-hybridized carbons (Fsp3) is 0.556. The third kappa shape index (κ3) is 8.02. The van der Waals surface area contributed by atoms with Gasteiger partial charge in [0.05, 0.1) is 17.0 Å². The van der Waals surface area contributed by atoms with Crippen molar-refractivity contribution in [2.75, 3.05) is 26.1 Å². The maximum atomic E-state index is 12.8. The summed E-state index contributed by atoms with van der Waals surface area (Å²) in [5.74, 6) is 0.0516. The third-order valence-electron chi connectivity index (χ3n) is 6.19. The quantitative estimate of drug-likeness (QED) is 0.281. The number of carbonyl (C=O) groups is 2. The number of nitrogens with one attached hydrogen (secondary N) is 2. The van der Waals surface area contributed by atoms with Crippen LogP contribution >= 0.6 is 0 Å². The molecule has 1 unspecified atom stereocenters. The van der Waals surface area contributed by atoms with Gasteiger partial charge in [-0.3, -0.25) is 14.9 Å². The monoisotopic (exact) mass is 483 g/mol. The van der Waals surface area contributed by atoms with Crippen LogP contribution in [0.3, 0.4) is 0 Å². The van der Waals surface area contributed by atoms with Crippen LogP contribution in [0.4, 0.5) is 5.95 Å². The average Bonchev–Trinajstić information content (AvgIpc) is 3.20. The molecule has 8 heteroatoms. The number of imidazole rings is 1. The number of hydrogen-bond donors (Lipinski definition) is 2.